The minimum atomic E-state index is -0.996. The molecule has 0 saturated heterocycles. The number of hydrogen-bond acceptors (Lipinski definition) is 6. The molecule has 0 aliphatic carbocycles. The van der Waals surface area contributed by atoms with Crippen LogP contribution >= 0.6 is 0 Å². The summed E-state index contributed by atoms with van der Waals surface area (Å²) >= 11 is 0. The minimum Gasteiger partial charge on any atom is -0.496 e. The van der Waals surface area contributed by atoms with Gasteiger partial charge in [0.05, 0.1) is 14.2 Å². The fraction of sp³-hybridized carbons (Fsp3) is 0.200. The third-order valence-corrected chi connectivity index (χ3v) is 4.34. The van der Waals surface area contributed by atoms with E-state index in [9.17, 15) is 9.90 Å². The molecule has 1 aliphatic rings. The summed E-state index contributed by atoms with van der Waals surface area (Å²) in [6.07, 6.45) is 3.31. The molecule has 0 saturated carbocycles. The van der Waals surface area contributed by atoms with Crippen molar-refractivity contribution in [2.24, 2.45) is 0 Å². The number of aromatic nitrogens is 1. The second-order valence-electron chi connectivity index (χ2n) is 5.93. The van der Waals surface area contributed by atoms with Gasteiger partial charge in [0.15, 0.2) is 6.04 Å². The van der Waals surface area contributed by atoms with Gasteiger partial charge in [-0.2, -0.15) is 0 Å². The van der Waals surface area contributed by atoms with Gasteiger partial charge in [-0.15, -0.1) is 0 Å². The van der Waals surface area contributed by atoms with Crippen LogP contribution in [0.5, 0.6) is 0 Å². The maximum atomic E-state index is 12.0. The summed E-state index contributed by atoms with van der Waals surface area (Å²) in [5, 5.41) is 16.1. The van der Waals surface area contributed by atoms with Gasteiger partial charge in [0.2, 0.25) is 5.88 Å². The number of pyridine rings is 1. The Labute approximate surface area is 157 Å². The number of benzene rings is 1. The molecule has 0 fully saturated rings. The molecule has 0 bridgehead atoms. The quantitative estimate of drug-likeness (QED) is 0.699. The molecule has 0 amide bonds. The van der Waals surface area contributed by atoms with Gasteiger partial charge in [0, 0.05) is 29.2 Å². The molecule has 0 radical (unpaired) electrons. The number of nitrogens with zero attached hydrogens (tertiary/aromatic N) is 1. The van der Waals surface area contributed by atoms with Crippen LogP contribution in [0, 0.1) is 0 Å². The van der Waals surface area contributed by atoms with Crippen LogP contribution in [0.15, 0.2) is 65.9 Å². The van der Waals surface area contributed by atoms with Crippen molar-refractivity contribution in [3.05, 3.63) is 77.1 Å². The van der Waals surface area contributed by atoms with Crippen molar-refractivity contribution in [2.45, 2.75) is 13.0 Å². The van der Waals surface area contributed by atoms with Crippen LogP contribution in [0.2, 0.25) is 0 Å². The van der Waals surface area contributed by atoms with Crippen molar-refractivity contribution in [2.75, 3.05) is 19.5 Å². The third-order valence-electron chi connectivity index (χ3n) is 4.34. The highest BCUT2D eigenvalue weighted by molar-refractivity contribution is 5.82. The van der Waals surface area contributed by atoms with Crippen LogP contribution in [-0.2, 0) is 14.3 Å². The number of methoxy groups -OCH3 is 2. The van der Waals surface area contributed by atoms with Gasteiger partial charge in [-0.05, 0) is 24.6 Å². The average Bonchev–Trinajstić information content (AvgIpc) is 2.81. The molecule has 140 valence electrons. The Balaban J connectivity index is 2.18. The Morgan fingerprint density at radius 3 is 2.52 bits per heavy atom. The van der Waals surface area contributed by atoms with Gasteiger partial charge < -0.3 is 25.2 Å². The molecule has 1 aliphatic heterocycles. The van der Waals surface area contributed by atoms with Crippen molar-refractivity contribution in [1.29, 1.82) is 0 Å². The summed E-state index contributed by atoms with van der Waals surface area (Å²) < 4.78 is 11.2. The first-order valence-electron chi connectivity index (χ1n) is 8.36. The number of fused-ring (bicyclic) bond motifs is 1. The average molecular weight is 367 g/mol. The number of carboxylic acids is 1. The first-order valence-corrected chi connectivity index (χ1v) is 8.36. The highest BCUT2D eigenvalue weighted by atomic mass is 16.5. The topological polar surface area (TPSA) is 92.7 Å². The summed E-state index contributed by atoms with van der Waals surface area (Å²) in [5.41, 5.74) is 3.35. The van der Waals surface area contributed by atoms with Crippen molar-refractivity contribution >= 4 is 17.4 Å². The van der Waals surface area contributed by atoms with E-state index >= 15 is 0 Å². The van der Waals surface area contributed by atoms with Gasteiger partial charge in [0.25, 0.3) is 0 Å². The van der Waals surface area contributed by atoms with E-state index < -0.39 is 12.0 Å². The summed E-state index contributed by atoms with van der Waals surface area (Å²) in [7, 11) is 3.09. The number of allylic oxidation sites excluding steroid dienone is 1. The van der Waals surface area contributed by atoms with Crippen LogP contribution in [0.1, 0.15) is 24.1 Å². The lowest BCUT2D eigenvalue weighted by atomic mass is 9.99. The van der Waals surface area contributed by atoms with E-state index in [4.69, 9.17) is 9.47 Å². The SMILES string of the molecule is COC(Nc1ccncc1)=C1NC(C(=O)O)c2ccccc2C(OC)=C1C. The number of hydrogen-bond donors (Lipinski definition) is 3. The summed E-state index contributed by atoms with van der Waals surface area (Å²) in [4.78, 5) is 16.0. The fourth-order valence-corrected chi connectivity index (χ4v) is 3.08. The highest BCUT2D eigenvalue weighted by Gasteiger charge is 2.31. The molecule has 7 nitrogen and oxygen atoms in total. The van der Waals surface area contributed by atoms with Crippen molar-refractivity contribution in [3.63, 3.8) is 0 Å². The molecule has 27 heavy (non-hydrogen) atoms. The molecule has 1 aromatic heterocycles. The number of carboxylic acid groups (broad SMARTS) is 1. The van der Waals surface area contributed by atoms with E-state index in [1.807, 2.05) is 19.1 Å². The Morgan fingerprint density at radius 2 is 1.89 bits per heavy atom. The predicted molar refractivity (Wildman–Crippen MR) is 101 cm³/mol. The molecule has 1 unspecified atom stereocenters. The molecular formula is C20H21N3O4. The number of ether oxygens (including phenoxy) is 2. The Morgan fingerprint density at radius 1 is 1.19 bits per heavy atom. The van der Waals surface area contributed by atoms with Gasteiger partial charge in [-0.1, -0.05) is 24.3 Å². The van der Waals surface area contributed by atoms with Crippen LogP contribution in [0.4, 0.5) is 5.69 Å². The molecule has 0 spiro atoms. The van der Waals surface area contributed by atoms with Crippen LogP contribution < -0.4 is 10.6 Å². The number of carbonyl (C=O) groups is 1. The minimum absolute atomic E-state index is 0.382. The first-order chi connectivity index (χ1) is 13.1. The van der Waals surface area contributed by atoms with Crippen LogP contribution in [0.3, 0.4) is 0 Å². The standard InChI is InChI=1S/C20H21N3O4/c1-12-16(19(27-3)22-13-8-10-21-11-9-13)23-17(20(24)25)14-6-4-5-7-15(14)18(12)26-2/h4-11,17,23H,1-3H3,(H,21,22)(H,24,25). The number of anilines is 1. The van der Waals surface area contributed by atoms with Gasteiger partial charge in [0.1, 0.15) is 11.5 Å². The summed E-state index contributed by atoms with van der Waals surface area (Å²) in [5.74, 6) is -0.0281. The van der Waals surface area contributed by atoms with Gasteiger partial charge >= 0.3 is 5.97 Å². The fourth-order valence-electron chi connectivity index (χ4n) is 3.08. The second kappa shape index (κ2) is 7.82. The number of nitrogens with one attached hydrogen (secondary N) is 2. The molecule has 7 heteroatoms. The lowest BCUT2D eigenvalue weighted by molar-refractivity contribution is -0.139. The molecule has 2 heterocycles. The van der Waals surface area contributed by atoms with Crippen molar-refractivity contribution in [3.8, 4) is 0 Å². The van der Waals surface area contributed by atoms with E-state index in [0.717, 1.165) is 16.8 Å². The largest absolute Gasteiger partial charge is 0.496 e. The lowest BCUT2D eigenvalue weighted by Gasteiger charge is -2.20. The highest BCUT2D eigenvalue weighted by Crippen LogP contribution is 2.35. The molecule has 2 aromatic rings. The van der Waals surface area contributed by atoms with E-state index in [2.05, 4.69) is 15.6 Å². The van der Waals surface area contributed by atoms with Crippen LogP contribution in [0.25, 0.3) is 5.76 Å². The molecule has 3 rings (SSSR count). The summed E-state index contributed by atoms with van der Waals surface area (Å²) in [6.45, 7) is 1.86. The van der Waals surface area contributed by atoms with Gasteiger partial charge in [-0.25, -0.2) is 4.79 Å². The monoisotopic (exact) mass is 367 g/mol. The zero-order chi connectivity index (χ0) is 19.4. The Hall–Kier alpha value is -3.48. The van der Waals surface area contributed by atoms with E-state index in [-0.39, 0.29) is 0 Å². The van der Waals surface area contributed by atoms with E-state index in [1.165, 1.54) is 7.11 Å². The van der Waals surface area contributed by atoms with Gasteiger partial charge in [-0.3, -0.25) is 4.98 Å². The van der Waals surface area contributed by atoms with E-state index in [1.54, 1.807) is 43.8 Å². The maximum Gasteiger partial charge on any atom is 0.330 e. The zero-order valence-electron chi connectivity index (χ0n) is 15.3. The predicted octanol–water partition coefficient (Wildman–Crippen LogP) is 3.12. The Bertz CT molecular complexity index is 906. The van der Waals surface area contributed by atoms with Crippen molar-refractivity contribution < 1.29 is 19.4 Å². The molecule has 3 N–H and O–H groups in total. The Kier molecular flexibility index (Phi) is 5.30. The number of aliphatic carboxylic acids is 1. The summed E-state index contributed by atoms with van der Waals surface area (Å²) in [6, 6.07) is 9.90. The zero-order valence-corrected chi connectivity index (χ0v) is 15.3. The number of rotatable bonds is 5. The normalized spacial score (nSPS) is 18.0. The smallest absolute Gasteiger partial charge is 0.330 e. The lowest BCUT2D eigenvalue weighted by Crippen LogP contribution is -2.30. The van der Waals surface area contributed by atoms with E-state index in [0.29, 0.717) is 22.9 Å². The third kappa shape index (κ3) is 3.57. The molecular weight excluding hydrogens is 346 g/mol. The van der Waals surface area contributed by atoms with Crippen molar-refractivity contribution in [1.82, 2.24) is 10.3 Å². The second-order valence-corrected chi connectivity index (χ2v) is 5.93. The first kappa shape index (κ1) is 18.3. The van der Waals surface area contributed by atoms with Crippen LogP contribution in [-0.4, -0.2) is 30.3 Å². The maximum absolute atomic E-state index is 12.0. The molecule has 1 aromatic carbocycles. The molecule has 1 atom stereocenters.